The molecule has 2 heterocycles. The summed E-state index contributed by atoms with van der Waals surface area (Å²) in [4.78, 5) is 26.4. The molecule has 0 spiro atoms. The summed E-state index contributed by atoms with van der Waals surface area (Å²) in [5.74, 6) is -0.0759. The number of nitrogens with zero attached hydrogens (tertiary/aromatic N) is 1. The number of hydrogen-bond donors (Lipinski definition) is 1. The first-order chi connectivity index (χ1) is 10.7. The van der Waals surface area contributed by atoms with Crippen LogP contribution in [0.25, 0.3) is 0 Å². The van der Waals surface area contributed by atoms with Gasteiger partial charge in [0, 0.05) is 30.9 Å². The van der Waals surface area contributed by atoms with E-state index in [0.717, 1.165) is 38.8 Å². The van der Waals surface area contributed by atoms with Crippen molar-refractivity contribution in [3.05, 3.63) is 29.8 Å². The first kappa shape index (κ1) is 15.0. The van der Waals surface area contributed by atoms with Gasteiger partial charge in [-0.2, -0.15) is 0 Å². The first-order valence-corrected chi connectivity index (χ1v) is 8.06. The van der Waals surface area contributed by atoms with Crippen LogP contribution in [0.3, 0.4) is 0 Å². The van der Waals surface area contributed by atoms with Crippen molar-refractivity contribution >= 4 is 17.5 Å². The van der Waals surface area contributed by atoms with Gasteiger partial charge in [-0.1, -0.05) is 6.07 Å². The number of carbonyl (C=O) groups excluding carboxylic acids is 2. The Morgan fingerprint density at radius 1 is 1.14 bits per heavy atom. The van der Waals surface area contributed by atoms with Gasteiger partial charge in [0.2, 0.25) is 0 Å². The molecule has 118 valence electrons. The van der Waals surface area contributed by atoms with E-state index < -0.39 is 0 Å². The quantitative estimate of drug-likeness (QED) is 0.933. The SMILES string of the molecule is O=C(Nc1cccc(C(=O)N2CCCCC2)c1)[C@@H]1CCCO1. The Kier molecular flexibility index (Phi) is 4.73. The zero-order valence-corrected chi connectivity index (χ0v) is 12.7. The van der Waals surface area contributed by atoms with Crippen LogP contribution in [-0.4, -0.2) is 42.5 Å². The van der Waals surface area contributed by atoms with Crippen molar-refractivity contribution in [3.63, 3.8) is 0 Å². The average Bonchev–Trinajstić information content (AvgIpc) is 3.10. The van der Waals surface area contributed by atoms with Gasteiger partial charge in [0.1, 0.15) is 6.10 Å². The van der Waals surface area contributed by atoms with E-state index in [0.29, 0.717) is 17.9 Å². The molecule has 2 saturated heterocycles. The Balaban J connectivity index is 1.66. The number of likely N-dealkylation sites (tertiary alicyclic amines) is 1. The van der Waals surface area contributed by atoms with Crippen LogP contribution < -0.4 is 5.32 Å². The molecule has 5 nitrogen and oxygen atoms in total. The highest BCUT2D eigenvalue weighted by Crippen LogP contribution is 2.18. The summed E-state index contributed by atoms with van der Waals surface area (Å²) in [6.45, 7) is 2.29. The van der Waals surface area contributed by atoms with Crippen molar-refractivity contribution in [2.45, 2.75) is 38.2 Å². The smallest absolute Gasteiger partial charge is 0.253 e. The third kappa shape index (κ3) is 3.47. The molecular weight excluding hydrogens is 280 g/mol. The summed E-state index contributed by atoms with van der Waals surface area (Å²) < 4.78 is 5.37. The monoisotopic (exact) mass is 302 g/mol. The van der Waals surface area contributed by atoms with Crippen LogP contribution in [0.1, 0.15) is 42.5 Å². The normalized spacial score (nSPS) is 21.6. The van der Waals surface area contributed by atoms with Gasteiger partial charge in [-0.05, 0) is 50.3 Å². The molecule has 5 heteroatoms. The number of nitrogens with one attached hydrogen (secondary N) is 1. The zero-order valence-electron chi connectivity index (χ0n) is 12.7. The summed E-state index contributed by atoms with van der Waals surface area (Å²) in [6, 6.07) is 7.17. The molecule has 3 rings (SSSR count). The van der Waals surface area contributed by atoms with Gasteiger partial charge in [-0.3, -0.25) is 9.59 Å². The molecular formula is C17H22N2O3. The maximum Gasteiger partial charge on any atom is 0.253 e. The van der Waals surface area contributed by atoms with Crippen molar-refractivity contribution in [1.29, 1.82) is 0 Å². The molecule has 2 aliphatic heterocycles. The lowest BCUT2D eigenvalue weighted by molar-refractivity contribution is -0.124. The summed E-state index contributed by atoms with van der Waals surface area (Å²) in [6.07, 6.45) is 4.66. The summed E-state index contributed by atoms with van der Waals surface area (Å²) in [7, 11) is 0. The van der Waals surface area contributed by atoms with Crippen molar-refractivity contribution in [3.8, 4) is 0 Å². The van der Waals surface area contributed by atoms with E-state index in [4.69, 9.17) is 4.74 Å². The molecule has 2 aliphatic rings. The van der Waals surface area contributed by atoms with Crippen molar-refractivity contribution < 1.29 is 14.3 Å². The fourth-order valence-electron chi connectivity index (χ4n) is 3.02. The molecule has 2 amide bonds. The third-order valence-corrected chi connectivity index (χ3v) is 4.24. The minimum Gasteiger partial charge on any atom is -0.368 e. The van der Waals surface area contributed by atoms with Gasteiger partial charge in [-0.15, -0.1) is 0 Å². The number of amides is 2. The Labute approximate surface area is 130 Å². The molecule has 0 aromatic heterocycles. The highest BCUT2D eigenvalue weighted by atomic mass is 16.5. The molecule has 22 heavy (non-hydrogen) atoms. The second-order valence-electron chi connectivity index (χ2n) is 5.92. The minimum absolute atomic E-state index is 0.0490. The molecule has 2 fully saturated rings. The maximum atomic E-state index is 12.5. The molecule has 0 saturated carbocycles. The number of anilines is 1. The predicted octanol–water partition coefficient (Wildman–Crippen LogP) is 2.43. The molecule has 0 aliphatic carbocycles. The van der Waals surface area contributed by atoms with E-state index in [1.165, 1.54) is 6.42 Å². The minimum atomic E-state index is -0.360. The van der Waals surface area contributed by atoms with Crippen LogP contribution in [0.2, 0.25) is 0 Å². The van der Waals surface area contributed by atoms with Crippen LogP contribution in [0, 0.1) is 0 Å². The lowest BCUT2D eigenvalue weighted by atomic mass is 10.1. The second-order valence-corrected chi connectivity index (χ2v) is 5.92. The van der Waals surface area contributed by atoms with Crippen LogP contribution in [0.5, 0.6) is 0 Å². The maximum absolute atomic E-state index is 12.5. The van der Waals surface area contributed by atoms with Crippen molar-refractivity contribution in [2.75, 3.05) is 25.0 Å². The Morgan fingerprint density at radius 3 is 2.68 bits per heavy atom. The fraction of sp³-hybridized carbons (Fsp3) is 0.529. The Hall–Kier alpha value is -1.88. The van der Waals surface area contributed by atoms with E-state index in [1.54, 1.807) is 18.2 Å². The molecule has 1 N–H and O–H groups in total. The highest BCUT2D eigenvalue weighted by Gasteiger charge is 2.24. The van der Waals surface area contributed by atoms with Gasteiger partial charge in [0.25, 0.3) is 11.8 Å². The van der Waals surface area contributed by atoms with E-state index in [-0.39, 0.29) is 17.9 Å². The highest BCUT2D eigenvalue weighted by molar-refractivity contribution is 5.98. The fourth-order valence-corrected chi connectivity index (χ4v) is 3.02. The second kappa shape index (κ2) is 6.92. The van der Waals surface area contributed by atoms with Crippen molar-refractivity contribution in [1.82, 2.24) is 4.90 Å². The van der Waals surface area contributed by atoms with Crippen LogP contribution in [0.15, 0.2) is 24.3 Å². The summed E-state index contributed by atoms with van der Waals surface area (Å²) in [5, 5.41) is 2.85. The van der Waals surface area contributed by atoms with Crippen LogP contribution in [0.4, 0.5) is 5.69 Å². The molecule has 0 bridgehead atoms. The molecule has 1 aromatic carbocycles. The number of benzene rings is 1. The zero-order chi connectivity index (χ0) is 15.4. The van der Waals surface area contributed by atoms with Gasteiger partial charge in [0.15, 0.2) is 0 Å². The molecule has 0 radical (unpaired) electrons. The standard InChI is InChI=1S/C17H22N2O3/c20-16(15-8-5-11-22-15)18-14-7-4-6-13(12-14)17(21)19-9-2-1-3-10-19/h4,6-7,12,15H,1-3,5,8-11H2,(H,18,20)/t15-/m0/s1. The largest absolute Gasteiger partial charge is 0.368 e. The average molecular weight is 302 g/mol. The van der Waals surface area contributed by atoms with Gasteiger partial charge < -0.3 is 15.0 Å². The lowest BCUT2D eigenvalue weighted by Crippen LogP contribution is -2.35. The molecule has 1 atom stereocenters. The Bertz CT molecular complexity index is 547. The van der Waals surface area contributed by atoms with Crippen LogP contribution >= 0.6 is 0 Å². The predicted molar refractivity (Wildman–Crippen MR) is 83.8 cm³/mol. The molecule has 1 aromatic rings. The first-order valence-electron chi connectivity index (χ1n) is 8.06. The summed E-state index contributed by atoms with van der Waals surface area (Å²) >= 11 is 0. The number of rotatable bonds is 3. The van der Waals surface area contributed by atoms with E-state index in [9.17, 15) is 9.59 Å². The number of carbonyl (C=O) groups is 2. The van der Waals surface area contributed by atoms with Gasteiger partial charge >= 0.3 is 0 Å². The van der Waals surface area contributed by atoms with E-state index in [1.807, 2.05) is 11.0 Å². The number of ether oxygens (including phenoxy) is 1. The number of hydrogen-bond acceptors (Lipinski definition) is 3. The third-order valence-electron chi connectivity index (χ3n) is 4.24. The van der Waals surface area contributed by atoms with Gasteiger partial charge in [0.05, 0.1) is 0 Å². The van der Waals surface area contributed by atoms with Crippen molar-refractivity contribution in [2.24, 2.45) is 0 Å². The topological polar surface area (TPSA) is 58.6 Å². The lowest BCUT2D eigenvalue weighted by Gasteiger charge is -2.26. The number of piperidine rings is 1. The Morgan fingerprint density at radius 2 is 1.95 bits per heavy atom. The summed E-state index contributed by atoms with van der Waals surface area (Å²) in [5.41, 5.74) is 1.29. The molecule has 0 unspecified atom stereocenters. The van der Waals surface area contributed by atoms with Crippen LogP contribution in [-0.2, 0) is 9.53 Å². The van der Waals surface area contributed by atoms with E-state index >= 15 is 0 Å². The van der Waals surface area contributed by atoms with Gasteiger partial charge in [-0.25, -0.2) is 0 Å². The van der Waals surface area contributed by atoms with E-state index in [2.05, 4.69) is 5.32 Å².